The molecule has 0 aromatic heterocycles. The second-order valence-corrected chi connectivity index (χ2v) is 8.48. The first-order valence-electron chi connectivity index (χ1n) is 12.0. The Balaban J connectivity index is 1.15. The van der Waals surface area contributed by atoms with Gasteiger partial charge in [0.2, 0.25) is 11.8 Å². The van der Waals surface area contributed by atoms with Gasteiger partial charge in [-0.3, -0.25) is 9.59 Å². The molecule has 1 unspecified atom stereocenters. The molecule has 182 valence electrons. The minimum atomic E-state index is -0.164. The molecule has 2 amide bonds. The van der Waals surface area contributed by atoms with Gasteiger partial charge in [-0.15, -0.1) is 0 Å². The lowest BCUT2D eigenvalue weighted by molar-refractivity contribution is -0.116. The molecule has 7 heteroatoms. The van der Waals surface area contributed by atoms with E-state index in [0.29, 0.717) is 30.8 Å². The van der Waals surface area contributed by atoms with Crippen molar-refractivity contribution in [2.45, 2.75) is 31.8 Å². The van der Waals surface area contributed by atoms with Crippen LogP contribution in [0.4, 0.5) is 17.1 Å². The molecular formula is C28H31N3O4. The van der Waals surface area contributed by atoms with Crippen LogP contribution in [-0.4, -0.2) is 37.7 Å². The third kappa shape index (κ3) is 8.15. The maximum atomic E-state index is 12.3. The smallest absolute Gasteiger partial charge is 0.243 e. The van der Waals surface area contributed by atoms with Crippen LogP contribution in [-0.2, 0) is 20.7 Å². The molecule has 4 rings (SSSR count). The van der Waals surface area contributed by atoms with Crippen molar-refractivity contribution in [2.75, 3.05) is 35.7 Å². The number of ether oxygens (including phenoxy) is 2. The van der Waals surface area contributed by atoms with E-state index in [1.54, 1.807) is 24.3 Å². The fourth-order valence-corrected chi connectivity index (χ4v) is 3.78. The van der Waals surface area contributed by atoms with Gasteiger partial charge in [-0.05, 0) is 73.4 Å². The molecule has 1 saturated heterocycles. The van der Waals surface area contributed by atoms with Crippen molar-refractivity contribution in [3.05, 3.63) is 84.4 Å². The number of carbonyl (C=O) groups excluding carboxylic acids is 2. The third-order valence-corrected chi connectivity index (χ3v) is 5.70. The summed E-state index contributed by atoms with van der Waals surface area (Å²) in [6, 6.07) is 24.5. The molecule has 3 aromatic carbocycles. The number of rotatable bonds is 11. The Morgan fingerprint density at radius 1 is 0.829 bits per heavy atom. The van der Waals surface area contributed by atoms with Gasteiger partial charge >= 0.3 is 0 Å². The lowest BCUT2D eigenvalue weighted by atomic mass is 10.1. The standard InChI is InChI=1S/C28H31N3O4/c32-27(17-8-21-5-2-1-3-6-21)30-23-9-11-24(12-10-23)31-28(33)19-29-22-13-15-25(16-14-22)35-20-26-7-4-18-34-26/h1-3,5-6,9-16,26,29H,4,7-8,17-20H2,(H,30,32)(H,31,33). The van der Waals surface area contributed by atoms with Crippen LogP contribution in [0, 0.1) is 0 Å². The Labute approximate surface area is 205 Å². The molecule has 1 fully saturated rings. The summed E-state index contributed by atoms with van der Waals surface area (Å²) in [6.07, 6.45) is 3.42. The van der Waals surface area contributed by atoms with Gasteiger partial charge in [-0.25, -0.2) is 0 Å². The summed E-state index contributed by atoms with van der Waals surface area (Å²) in [4.78, 5) is 24.5. The van der Waals surface area contributed by atoms with E-state index in [-0.39, 0.29) is 24.5 Å². The molecular weight excluding hydrogens is 442 g/mol. The van der Waals surface area contributed by atoms with E-state index in [1.807, 2.05) is 54.6 Å². The molecule has 1 aliphatic heterocycles. The average molecular weight is 474 g/mol. The number of nitrogens with one attached hydrogen (secondary N) is 3. The van der Waals surface area contributed by atoms with Gasteiger partial charge in [0, 0.05) is 30.1 Å². The van der Waals surface area contributed by atoms with E-state index in [0.717, 1.165) is 36.4 Å². The summed E-state index contributed by atoms with van der Waals surface area (Å²) < 4.78 is 11.3. The highest BCUT2D eigenvalue weighted by Crippen LogP contribution is 2.19. The summed E-state index contributed by atoms with van der Waals surface area (Å²) in [5.74, 6) is 0.573. The predicted octanol–water partition coefficient (Wildman–Crippen LogP) is 4.87. The third-order valence-electron chi connectivity index (χ3n) is 5.70. The molecule has 0 bridgehead atoms. The van der Waals surface area contributed by atoms with Crippen molar-refractivity contribution in [2.24, 2.45) is 0 Å². The Bertz CT molecular complexity index is 1080. The van der Waals surface area contributed by atoms with Crippen molar-refractivity contribution in [1.29, 1.82) is 0 Å². The summed E-state index contributed by atoms with van der Waals surface area (Å²) in [7, 11) is 0. The fraction of sp³-hybridized carbons (Fsp3) is 0.286. The Hall–Kier alpha value is -3.84. The van der Waals surface area contributed by atoms with Crippen molar-refractivity contribution in [1.82, 2.24) is 0 Å². The Morgan fingerprint density at radius 2 is 1.49 bits per heavy atom. The molecule has 0 saturated carbocycles. The zero-order valence-corrected chi connectivity index (χ0v) is 19.7. The fourth-order valence-electron chi connectivity index (χ4n) is 3.78. The zero-order valence-electron chi connectivity index (χ0n) is 19.7. The highest BCUT2D eigenvalue weighted by atomic mass is 16.5. The highest BCUT2D eigenvalue weighted by molar-refractivity contribution is 5.94. The topological polar surface area (TPSA) is 88.7 Å². The first-order chi connectivity index (χ1) is 17.1. The maximum absolute atomic E-state index is 12.3. The second-order valence-electron chi connectivity index (χ2n) is 8.48. The molecule has 1 atom stereocenters. The minimum Gasteiger partial charge on any atom is -0.491 e. The van der Waals surface area contributed by atoms with Crippen LogP contribution in [0.3, 0.4) is 0 Å². The molecule has 1 aliphatic rings. The van der Waals surface area contributed by atoms with Crippen molar-refractivity contribution < 1.29 is 19.1 Å². The normalized spacial score (nSPS) is 14.8. The molecule has 0 spiro atoms. The number of amides is 2. The monoisotopic (exact) mass is 473 g/mol. The Kier molecular flexibility index (Phi) is 8.73. The molecule has 3 N–H and O–H groups in total. The van der Waals surface area contributed by atoms with Gasteiger partial charge in [-0.2, -0.15) is 0 Å². The SMILES string of the molecule is O=C(CCc1ccccc1)Nc1ccc(NC(=O)CNc2ccc(OCC3CCCO3)cc2)cc1. The zero-order chi connectivity index (χ0) is 24.3. The largest absolute Gasteiger partial charge is 0.491 e. The predicted molar refractivity (Wildman–Crippen MR) is 138 cm³/mol. The minimum absolute atomic E-state index is 0.0434. The quantitative estimate of drug-likeness (QED) is 0.370. The lowest BCUT2D eigenvalue weighted by Crippen LogP contribution is -2.21. The number of carbonyl (C=O) groups is 2. The van der Waals surface area contributed by atoms with Gasteiger partial charge in [0.25, 0.3) is 0 Å². The van der Waals surface area contributed by atoms with Crippen LogP contribution in [0.2, 0.25) is 0 Å². The van der Waals surface area contributed by atoms with E-state index < -0.39 is 0 Å². The molecule has 1 heterocycles. The first-order valence-corrected chi connectivity index (χ1v) is 12.0. The van der Waals surface area contributed by atoms with Crippen LogP contribution >= 0.6 is 0 Å². The summed E-state index contributed by atoms with van der Waals surface area (Å²) >= 11 is 0. The average Bonchev–Trinajstić information content (AvgIpc) is 3.41. The number of hydrogen-bond acceptors (Lipinski definition) is 5. The van der Waals surface area contributed by atoms with E-state index >= 15 is 0 Å². The van der Waals surface area contributed by atoms with E-state index in [1.165, 1.54) is 0 Å². The molecule has 35 heavy (non-hydrogen) atoms. The van der Waals surface area contributed by atoms with Crippen LogP contribution in [0.1, 0.15) is 24.8 Å². The first kappa shape index (κ1) is 24.3. The van der Waals surface area contributed by atoms with Crippen molar-refractivity contribution in [3.63, 3.8) is 0 Å². The number of anilines is 3. The Morgan fingerprint density at radius 3 is 2.14 bits per heavy atom. The number of benzene rings is 3. The van der Waals surface area contributed by atoms with Crippen molar-refractivity contribution >= 4 is 28.9 Å². The van der Waals surface area contributed by atoms with Crippen LogP contribution in [0.5, 0.6) is 5.75 Å². The van der Waals surface area contributed by atoms with Gasteiger partial charge < -0.3 is 25.4 Å². The summed E-state index contributed by atoms with van der Waals surface area (Å²) in [5, 5.41) is 8.84. The van der Waals surface area contributed by atoms with E-state index in [2.05, 4.69) is 16.0 Å². The van der Waals surface area contributed by atoms with Crippen molar-refractivity contribution in [3.8, 4) is 5.75 Å². The molecule has 0 aliphatic carbocycles. The van der Waals surface area contributed by atoms with Gasteiger partial charge in [0.05, 0.1) is 12.6 Å². The highest BCUT2D eigenvalue weighted by Gasteiger charge is 2.15. The number of hydrogen-bond donors (Lipinski definition) is 3. The van der Waals surface area contributed by atoms with E-state index in [9.17, 15) is 9.59 Å². The summed E-state index contributed by atoms with van der Waals surface area (Å²) in [6.45, 7) is 1.51. The van der Waals surface area contributed by atoms with E-state index in [4.69, 9.17) is 9.47 Å². The van der Waals surface area contributed by atoms with Crippen LogP contribution in [0.15, 0.2) is 78.9 Å². The molecule has 3 aromatic rings. The molecule has 0 radical (unpaired) electrons. The lowest BCUT2D eigenvalue weighted by Gasteiger charge is -2.12. The molecule has 7 nitrogen and oxygen atoms in total. The van der Waals surface area contributed by atoms with Gasteiger partial charge in [-0.1, -0.05) is 30.3 Å². The second kappa shape index (κ2) is 12.6. The van der Waals surface area contributed by atoms with Gasteiger partial charge in [0.15, 0.2) is 0 Å². The van der Waals surface area contributed by atoms with Gasteiger partial charge in [0.1, 0.15) is 12.4 Å². The summed E-state index contributed by atoms with van der Waals surface area (Å²) in [5.41, 5.74) is 3.32. The van der Waals surface area contributed by atoms with Crippen LogP contribution < -0.4 is 20.7 Å². The maximum Gasteiger partial charge on any atom is 0.243 e. The number of aryl methyl sites for hydroxylation is 1. The van der Waals surface area contributed by atoms with Crippen LogP contribution in [0.25, 0.3) is 0 Å².